The van der Waals surface area contributed by atoms with Gasteiger partial charge in [0.2, 0.25) is 5.91 Å². The number of allylic oxidation sites excluding steroid dienone is 1. The van der Waals surface area contributed by atoms with Crippen molar-refractivity contribution in [2.24, 2.45) is 23.5 Å². The summed E-state index contributed by atoms with van der Waals surface area (Å²) in [6.07, 6.45) is -0.869. The normalized spacial score (nSPS) is 35.0. The Bertz CT molecular complexity index is 392. The zero-order chi connectivity index (χ0) is 12.8. The number of carbonyl (C=O) groups excluding carboxylic acids is 2. The topological polar surface area (TPSA) is 72.2 Å². The molecule has 0 aromatic rings. The molecule has 0 saturated heterocycles. The fraction of sp³-hybridized carbons (Fsp3) is 0.600. The number of hydrogen-bond donors (Lipinski definition) is 2. The summed E-state index contributed by atoms with van der Waals surface area (Å²) in [4.78, 5) is 22.0. The van der Waals surface area contributed by atoms with Gasteiger partial charge in [0.25, 0.3) is 0 Å². The monoisotopic (exact) mass is 248 g/mol. The predicted octanol–water partition coefficient (Wildman–Crippen LogP) is 0.341. The minimum absolute atomic E-state index is 0.156. The van der Waals surface area contributed by atoms with Gasteiger partial charge < -0.3 is 11.1 Å². The molecule has 0 heterocycles. The summed E-state index contributed by atoms with van der Waals surface area (Å²) in [5.41, 5.74) is 5.15. The summed E-state index contributed by atoms with van der Waals surface area (Å²) in [5.74, 6) is -3.82. The first-order chi connectivity index (χ1) is 7.80. The second kappa shape index (κ2) is 3.75. The Morgan fingerprint density at radius 3 is 2.35 bits per heavy atom. The van der Waals surface area contributed by atoms with E-state index in [9.17, 15) is 22.8 Å². The molecule has 7 heteroatoms. The summed E-state index contributed by atoms with van der Waals surface area (Å²) < 4.78 is 36.4. The lowest BCUT2D eigenvalue weighted by molar-refractivity contribution is -0.175. The largest absolute Gasteiger partial charge is 0.471 e. The van der Waals surface area contributed by atoms with Crippen molar-refractivity contribution in [3.8, 4) is 0 Å². The quantitative estimate of drug-likeness (QED) is 0.692. The third-order valence-electron chi connectivity index (χ3n) is 3.34. The summed E-state index contributed by atoms with van der Waals surface area (Å²) in [6, 6.07) is -0.836. The number of alkyl halides is 3. The molecular weight excluding hydrogens is 237 g/mol. The fourth-order valence-electron chi connectivity index (χ4n) is 2.64. The summed E-state index contributed by atoms with van der Waals surface area (Å²) in [5, 5.41) is 1.87. The van der Waals surface area contributed by atoms with Crippen LogP contribution in [-0.2, 0) is 9.59 Å². The smallest absolute Gasteiger partial charge is 0.369 e. The molecule has 94 valence electrons. The number of rotatable bonds is 2. The van der Waals surface area contributed by atoms with Gasteiger partial charge in [0.1, 0.15) is 0 Å². The lowest BCUT2D eigenvalue weighted by Gasteiger charge is -2.26. The van der Waals surface area contributed by atoms with Crippen LogP contribution in [0.5, 0.6) is 0 Å². The second-order valence-electron chi connectivity index (χ2n) is 4.37. The molecule has 2 bridgehead atoms. The molecule has 4 unspecified atom stereocenters. The average Bonchev–Trinajstić information content (AvgIpc) is 2.75. The molecule has 1 fully saturated rings. The van der Waals surface area contributed by atoms with Crippen LogP contribution >= 0.6 is 0 Å². The second-order valence-corrected chi connectivity index (χ2v) is 4.37. The van der Waals surface area contributed by atoms with E-state index < -0.39 is 30.0 Å². The van der Waals surface area contributed by atoms with Crippen LogP contribution in [0.3, 0.4) is 0 Å². The standard InChI is InChI=1S/C10H11F3N2O2/c11-10(12,13)9(17)15-7-5-2-1-4(3-5)6(7)8(14)16/h1-2,4-7H,3H2,(H2,14,16)(H,15,17). The first kappa shape index (κ1) is 11.9. The molecular formula is C10H11F3N2O2. The molecule has 2 amide bonds. The van der Waals surface area contributed by atoms with Crippen molar-refractivity contribution in [3.05, 3.63) is 12.2 Å². The highest BCUT2D eigenvalue weighted by Crippen LogP contribution is 2.43. The molecule has 4 nitrogen and oxygen atoms in total. The zero-order valence-corrected chi connectivity index (χ0v) is 8.70. The number of nitrogens with one attached hydrogen (secondary N) is 1. The van der Waals surface area contributed by atoms with Crippen LogP contribution in [0.2, 0.25) is 0 Å². The number of hydrogen-bond acceptors (Lipinski definition) is 2. The zero-order valence-electron chi connectivity index (χ0n) is 8.70. The summed E-state index contributed by atoms with van der Waals surface area (Å²) in [6.45, 7) is 0. The summed E-state index contributed by atoms with van der Waals surface area (Å²) in [7, 11) is 0. The number of amides is 2. The Balaban J connectivity index is 2.13. The van der Waals surface area contributed by atoms with Gasteiger partial charge in [-0.1, -0.05) is 12.2 Å². The Kier molecular flexibility index (Phi) is 2.63. The molecule has 1 saturated carbocycles. The first-order valence-corrected chi connectivity index (χ1v) is 5.16. The number of halogens is 3. The van der Waals surface area contributed by atoms with E-state index in [-0.39, 0.29) is 11.8 Å². The number of nitrogens with two attached hydrogens (primary N) is 1. The minimum atomic E-state index is -4.94. The van der Waals surface area contributed by atoms with E-state index in [1.807, 2.05) is 5.32 Å². The third-order valence-corrected chi connectivity index (χ3v) is 3.34. The molecule has 0 spiro atoms. The van der Waals surface area contributed by atoms with Crippen molar-refractivity contribution < 1.29 is 22.8 Å². The van der Waals surface area contributed by atoms with Crippen molar-refractivity contribution in [1.29, 1.82) is 0 Å². The van der Waals surface area contributed by atoms with E-state index in [1.165, 1.54) is 0 Å². The van der Waals surface area contributed by atoms with E-state index in [0.717, 1.165) is 0 Å². The Hall–Kier alpha value is -1.53. The Labute approximate surface area is 95.0 Å². The minimum Gasteiger partial charge on any atom is -0.369 e. The molecule has 0 aromatic heterocycles. The van der Waals surface area contributed by atoms with Crippen molar-refractivity contribution in [3.63, 3.8) is 0 Å². The molecule has 0 aromatic carbocycles. The van der Waals surface area contributed by atoms with Crippen molar-refractivity contribution in [1.82, 2.24) is 5.32 Å². The molecule has 2 rings (SSSR count). The SMILES string of the molecule is NC(=O)C1C2C=CC(C2)C1NC(=O)C(F)(F)F. The Morgan fingerprint density at radius 1 is 1.24 bits per heavy atom. The molecule has 17 heavy (non-hydrogen) atoms. The van der Waals surface area contributed by atoms with Gasteiger partial charge in [-0.2, -0.15) is 13.2 Å². The van der Waals surface area contributed by atoms with Gasteiger partial charge in [0, 0.05) is 6.04 Å². The lowest BCUT2D eigenvalue weighted by Crippen LogP contribution is -2.51. The number of primary amides is 1. The van der Waals surface area contributed by atoms with Crippen molar-refractivity contribution in [2.75, 3.05) is 0 Å². The van der Waals surface area contributed by atoms with Crippen LogP contribution in [0.25, 0.3) is 0 Å². The Morgan fingerprint density at radius 2 is 1.82 bits per heavy atom. The third kappa shape index (κ3) is 2.01. The van der Waals surface area contributed by atoms with Crippen molar-refractivity contribution in [2.45, 2.75) is 18.6 Å². The molecule has 4 atom stereocenters. The van der Waals surface area contributed by atoms with Gasteiger partial charge in [0.15, 0.2) is 0 Å². The van der Waals surface area contributed by atoms with E-state index in [4.69, 9.17) is 5.73 Å². The molecule has 2 aliphatic carbocycles. The molecule has 2 aliphatic rings. The number of fused-ring (bicyclic) bond motifs is 2. The van der Waals surface area contributed by atoms with Gasteiger partial charge in [-0.15, -0.1) is 0 Å². The van der Waals surface area contributed by atoms with Gasteiger partial charge in [-0.25, -0.2) is 0 Å². The maximum absolute atomic E-state index is 12.1. The average molecular weight is 248 g/mol. The van der Waals surface area contributed by atoms with Crippen LogP contribution in [0.4, 0.5) is 13.2 Å². The van der Waals surface area contributed by atoms with Gasteiger partial charge in [0.05, 0.1) is 5.92 Å². The lowest BCUT2D eigenvalue weighted by atomic mass is 9.88. The highest BCUT2D eigenvalue weighted by molar-refractivity contribution is 5.84. The summed E-state index contributed by atoms with van der Waals surface area (Å²) >= 11 is 0. The van der Waals surface area contributed by atoms with Crippen LogP contribution in [-0.4, -0.2) is 24.0 Å². The highest BCUT2D eigenvalue weighted by atomic mass is 19.4. The van der Waals surface area contributed by atoms with E-state index >= 15 is 0 Å². The molecule has 0 radical (unpaired) electrons. The van der Waals surface area contributed by atoms with E-state index in [0.29, 0.717) is 6.42 Å². The first-order valence-electron chi connectivity index (χ1n) is 5.16. The maximum atomic E-state index is 12.1. The van der Waals surface area contributed by atoms with Crippen LogP contribution in [0.15, 0.2) is 12.2 Å². The molecule has 3 N–H and O–H groups in total. The fourth-order valence-corrected chi connectivity index (χ4v) is 2.64. The van der Waals surface area contributed by atoms with Crippen LogP contribution in [0.1, 0.15) is 6.42 Å². The van der Waals surface area contributed by atoms with Crippen LogP contribution < -0.4 is 11.1 Å². The van der Waals surface area contributed by atoms with Gasteiger partial charge in [-0.05, 0) is 18.3 Å². The van der Waals surface area contributed by atoms with Gasteiger partial charge >= 0.3 is 12.1 Å². The van der Waals surface area contributed by atoms with E-state index in [1.54, 1.807) is 12.2 Å². The van der Waals surface area contributed by atoms with Gasteiger partial charge in [-0.3, -0.25) is 9.59 Å². The molecule has 0 aliphatic heterocycles. The van der Waals surface area contributed by atoms with Crippen LogP contribution in [0, 0.1) is 17.8 Å². The van der Waals surface area contributed by atoms with Crippen molar-refractivity contribution >= 4 is 11.8 Å². The highest BCUT2D eigenvalue weighted by Gasteiger charge is 2.50. The maximum Gasteiger partial charge on any atom is 0.471 e. The predicted molar refractivity (Wildman–Crippen MR) is 51.4 cm³/mol. The number of carbonyl (C=O) groups is 2. The van der Waals surface area contributed by atoms with E-state index in [2.05, 4.69) is 0 Å².